The van der Waals surface area contributed by atoms with E-state index in [1.165, 1.54) is 18.5 Å². The normalized spacial score (nSPS) is 25.4. The number of para-hydroxylation sites is 2. The molecule has 1 aliphatic carbocycles. The molecule has 2 fully saturated rings. The molecular formula is C24H35N3O2. The van der Waals surface area contributed by atoms with Crippen molar-refractivity contribution in [2.75, 3.05) is 57.3 Å². The van der Waals surface area contributed by atoms with Crippen molar-refractivity contribution in [1.29, 1.82) is 0 Å². The fourth-order valence-electron chi connectivity index (χ4n) is 4.99. The zero-order valence-electron chi connectivity index (χ0n) is 17.9. The number of ether oxygens (including phenoxy) is 1. The van der Waals surface area contributed by atoms with E-state index < -0.39 is 0 Å². The molecule has 0 spiro atoms. The van der Waals surface area contributed by atoms with Crippen molar-refractivity contribution in [3.8, 4) is 5.75 Å². The van der Waals surface area contributed by atoms with Crippen LogP contribution in [0.1, 0.15) is 26.7 Å². The number of hydrogen-bond donors (Lipinski definition) is 0. The third-order valence-electron chi connectivity index (χ3n) is 6.40. The minimum Gasteiger partial charge on any atom is -0.489 e. The van der Waals surface area contributed by atoms with Gasteiger partial charge in [0.25, 0.3) is 0 Å². The number of anilines is 1. The summed E-state index contributed by atoms with van der Waals surface area (Å²) in [5, 5.41) is 0. The molecule has 2 saturated heterocycles. The molecular weight excluding hydrogens is 362 g/mol. The highest BCUT2D eigenvalue weighted by atomic mass is 16.5. The van der Waals surface area contributed by atoms with Crippen LogP contribution in [0.4, 0.5) is 5.69 Å². The van der Waals surface area contributed by atoms with Crippen LogP contribution in [0.25, 0.3) is 0 Å². The number of fused-ring (bicyclic) bond motifs is 1. The first-order chi connectivity index (χ1) is 14.1. The zero-order valence-corrected chi connectivity index (χ0v) is 17.9. The van der Waals surface area contributed by atoms with Crippen molar-refractivity contribution < 1.29 is 9.53 Å². The third kappa shape index (κ3) is 5.20. The molecule has 4 rings (SSSR count). The Hall–Kier alpha value is -1.85. The number of nitrogens with zero attached hydrogens (tertiary/aromatic N) is 3. The van der Waals surface area contributed by atoms with Crippen LogP contribution in [0.5, 0.6) is 5.75 Å². The Morgan fingerprint density at radius 1 is 1.07 bits per heavy atom. The van der Waals surface area contributed by atoms with Gasteiger partial charge in [-0.15, -0.1) is 0 Å². The van der Waals surface area contributed by atoms with Crippen LogP contribution in [0, 0.1) is 11.8 Å². The largest absolute Gasteiger partial charge is 0.489 e. The van der Waals surface area contributed by atoms with Crippen LogP contribution in [0.2, 0.25) is 0 Å². The van der Waals surface area contributed by atoms with Gasteiger partial charge in [0, 0.05) is 39.3 Å². The van der Waals surface area contributed by atoms with Gasteiger partial charge in [0.05, 0.1) is 24.9 Å². The van der Waals surface area contributed by atoms with E-state index >= 15 is 0 Å². The van der Waals surface area contributed by atoms with E-state index in [1.54, 1.807) is 0 Å². The molecule has 2 heterocycles. The fraction of sp³-hybridized carbons (Fsp3) is 0.625. The van der Waals surface area contributed by atoms with E-state index in [1.807, 2.05) is 12.1 Å². The molecule has 5 heteroatoms. The van der Waals surface area contributed by atoms with Crippen LogP contribution < -0.4 is 9.64 Å². The number of piperazine rings is 1. The van der Waals surface area contributed by atoms with Gasteiger partial charge >= 0.3 is 0 Å². The van der Waals surface area contributed by atoms with Gasteiger partial charge in [-0.1, -0.05) is 24.3 Å². The summed E-state index contributed by atoms with van der Waals surface area (Å²) in [4.78, 5) is 19.7. The number of carbonyl (C=O) groups excluding carboxylic acids is 1. The number of hydrogen-bond acceptors (Lipinski definition) is 5. The Morgan fingerprint density at radius 3 is 2.59 bits per heavy atom. The molecule has 2 aliphatic heterocycles. The van der Waals surface area contributed by atoms with Crippen molar-refractivity contribution in [3.05, 3.63) is 36.4 Å². The Bertz CT molecular complexity index is 725. The lowest BCUT2D eigenvalue weighted by atomic mass is 9.87. The van der Waals surface area contributed by atoms with Crippen molar-refractivity contribution in [2.24, 2.45) is 11.8 Å². The topological polar surface area (TPSA) is 36.0 Å². The van der Waals surface area contributed by atoms with E-state index in [0.29, 0.717) is 24.8 Å². The van der Waals surface area contributed by atoms with Gasteiger partial charge in [-0.05, 0) is 50.7 Å². The second-order valence-corrected chi connectivity index (χ2v) is 9.06. The van der Waals surface area contributed by atoms with E-state index in [2.05, 4.69) is 52.8 Å². The Balaban J connectivity index is 1.24. The summed E-state index contributed by atoms with van der Waals surface area (Å²) in [6.45, 7) is 11.2. The number of Topliss-reactive ketones (excluding diaryl/α,β-unsaturated/α-hetero) is 1. The van der Waals surface area contributed by atoms with Crippen LogP contribution in [-0.2, 0) is 4.79 Å². The first-order valence-electron chi connectivity index (χ1n) is 11.2. The first kappa shape index (κ1) is 20.4. The number of ketones is 1. The van der Waals surface area contributed by atoms with Crippen LogP contribution in [0.3, 0.4) is 0 Å². The zero-order chi connectivity index (χ0) is 20.2. The van der Waals surface area contributed by atoms with Gasteiger partial charge in [0.2, 0.25) is 0 Å². The molecule has 2 atom stereocenters. The molecule has 0 bridgehead atoms. The maximum atomic E-state index is 12.7. The first-order valence-corrected chi connectivity index (χ1v) is 11.2. The van der Waals surface area contributed by atoms with Gasteiger partial charge in [-0.3, -0.25) is 14.6 Å². The minimum atomic E-state index is 0.167. The smallest absolute Gasteiger partial charge is 0.160 e. The van der Waals surface area contributed by atoms with E-state index in [-0.39, 0.29) is 6.10 Å². The number of benzene rings is 1. The Labute approximate surface area is 175 Å². The van der Waals surface area contributed by atoms with Gasteiger partial charge < -0.3 is 9.64 Å². The number of carbonyl (C=O) groups is 1. The SMILES string of the molecule is CC(C)Oc1ccccc1N1CCN(CC(=O)CN2CC3C=CCCC3C2)CC1. The average Bonchev–Trinajstić information content (AvgIpc) is 3.11. The monoisotopic (exact) mass is 397 g/mol. The molecule has 2 unspecified atom stereocenters. The summed E-state index contributed by atoms with van der Waals surface area (Å²) in [5.41, 5.74) is 1.17. The summed E-state index contributed by atoms with van der Waals surface area (Å²) in [7, 11) is 0. The van der Waals surface area contributed by atoms with Crippen molar-refractivity contribution in [2.45, 2.75) is 32.8 Å². The molecule has 1 aromatic rings. The summed E-state index contributed by atoms with van der Waals surface area (Å²) in [6.07, 6.45) is 7.35. The predicted octanol–water partition coefficient (Wildman–Crippen LogP) is 3.06. The van der Waals surface area contributed by atoms with E-state index in [0.717, 1.165) is 50.9 Å². The molecule has 0 amide bonds. The molecule has 5 nitrogen and oxygen atoms in total. The highest BCUT2D eigenvalue weighted by Gasteiger charge is 2.33. The van der Waals surface area contributed by atoms with Gasteiger partial charge in [-0.2, -0.15) is 0 Å². The highest BCUT2D eigenvalue weighted by molar-refractivity contribution is 5.82. The van der Waals surface area contributed by atoms with Crippen molar-refractivity contribution in [1.82, 2.24) is 9.80 Å². The molecule has 0 N–H and O–H groups in total. The Morgan fingerprint density at radius 2 is 1.83 bits per heavy atom. The standard InChI is InChI=1S/C24H35N3O2/c1-19(2)29-24-10-6-5-9-23(24)27-13-11-25(12-14-27)17-22(28)18-26-15-20-7-3-4-8-21(20)16-26/h3,5-7,9-10,19-21H,4,8,11-18H2,1-2H3. The van der Waals surface area contributed by atoms with Gasteiger partial charge in [-0.25, -0.2) is 0 Å². The van der Waals surface area contributed by atoms with Crippen LogP contribution in [0.15, 0.2) is 36.4 Å². The number of rotatable bonds is 7. The van der Waals surface area contributed by atoms with Crippen molar-refractivity contribution >= 4 is 11.5 Å². The lowest BCUT2D eigenvalue weighted by molar-refractivity contribution is -0.121. The average molecular weight is 398 g/mol. The second-order valence-electron chi connectivity index (χ2n) is 9.06. The lowest BCUT2D eigenvalue weighted by Crippen LogP contribution is -2.49. The molecule has 1 aromatic carbocycles. The minimum absolute atomic E-state index is 0.167. The Kier molecular flexibility index (Phi) is 6.56. The van der Waals surface area contributed by atoms with Crippen LogP contribution in [-0.4, -0.2) is 74.0 Å². The molecule has 158 valence electrons. The summed E-state index contributed by atoms with van der Waals surface area (Å²) in [5.74, 6) is 2.76. The molecule has 29 heavy (non-hydrogen) atoms. The van der Waals surface area contributed by atoms with Crippen LogP contribution >= 0.6 is 0 Å². The quantitative estimate of drug-likeness (QED) is 0.661. The molecule has 3 aliphatic rings. The summed E-state index contributed by atoms with van der Waals surface area (Å²) >= 11 is 0. The fourth-order valence-corrected chi connectivity index (χ4v) is 4.99. The van der Waals surface area contributed by atoms with Gasteiger partial charge in [0.1, 0.15) is 5.75 Å². The molecule has 0 saturated carbocycles. The van der Waals surface area contributed by atoms with Gasteiger partial charge in [0.15, 0.2) is 5.78 Å². The second kappa shape index (κ2) is 9.31. The maximum absolute atomic E-state index is 12.7. The summed E-state index contributed by atoms with van der Waals surface area (Å²) < 4.78 is 5.98. The highest BCUT2D eigenvalue weighted by Crippen LogP contribution is 2.32. The summed E-state index contributed by atoms with van der Waals surface area (Å²) in [6, 6.07) is 8.29. The third-order valence-corrected chi connectivity index (χ3v) is 6.40. The lowest BCUT2D eigenvalue weighted by Gasteiger charge is -2.36. The molecule has 0 radical (unpaired) electrons. The maximum Gasteiger partial charge on any atom is 0.160 e. The molecule has 0 aromatic heterocycles. The predicted molar refractivity (Wildman–Crippen MR) is 118 cm³/mol. The number of likely N-dealkylation sites (tertiary alicyclic amines) is 1. The van der Waals surface area contributed by atoms with Crippen molar-refractivity contribution in [3.63, 3.8) is 0 Å². The van der Waals surface area contributed by atoms with E-state index in [9.17, 15) is 4.79 Å². The number of allylic oxidation sites excluding steroid dienone is 1. The van der Waals surface area contributed by atoms with E-state index in [4.69, 9.17) is 4.74 Å².